The normalized spacial score (nSPS) is 10.9. The van der Waals surface area contributed by atoms with E-state index in [0.29, 0.717) is 0 Å². The number of aryl methyl sites for hydroxylation is 1. The average molecular weight is 353 g/mol. The van der Waals surface area contributed by atoms with Gasteiger partial charge in [0, 0.05) is 11.6 Å². The van der Waals surface area contributed by atoms with Gasteiger partial charge in [0.2, 0.25) is 5.91 Å². The van der Waals surface area contributed by atoms with Crippen molar-refractivity contribution in [2.75, 3.05) is 5.32 Å². The van der Waals surface area contributed by atoms with E-state index in [1.54, 1.807) is 4.80 Å². The quantitative estimate of drug-likeness (QED) is 0.708. The number of rotatable bonds is 3. The predicted octanol–water partition coefficient (Wildman–Crippen LogP) is 3.20. The van der Waals surface area contributed by atoms with Crippen molar-refractivity contribution in [3.8, 4) is 5.69 Å². The maximum Gasteiger partial charge on any atom is 0.228 e. The van der Waals surface area contributed by atoms with Crippen molar-refractivity contribution in [3.63, 3.8) is 0 Å². The van der Waals surface area contributed by atoms with E-state index < -0.39 is 0 Å². The van der Waals surface area contributed by atoms with Crippen LogP contribution in [-0.2, 0) is 4.79 Å². The molecule has 1 aromatic heterocycles. The van der Waals surface area contributed by atoms with Gasteiger partial charge in [-0.2, -0.15) is 4.80 Å². The van der Waals surface area contributed by atoms with Crippen molar-refractivity contribution in [3.05, 3.63) is 48.0 Å². The summed E-state index contributed by atoms with van der Waals surface area (Å²) in [6, 6.07) is 13.5. The third-order valence-corrected chi connectivity index (χ3v) is 3.93. The Morgan fingerprint density at radius 1 is 1.12 bits per heavy atom. The number of hydrogen-bond acceptors (Lipinski definition) is 4. The standard InChI is InChI=1S/C18H19N5OS/c1-11(2)17(24)20-18(25)19-14-10-16-15(9-12(14)3)21-23(22-16)13-7-5-4-6-8-13/h4-11H,1-3H3,(H2,19,20,24,25). The molecule has 7 heteroatoms. The molecule has 0 unspecified atom stereocenters. The Morgan fingerprint density at radius 2 is 1.76 bits per heavy atom. The molecule has 6 nitrogen and oxygen atoms in total. The number of nitrogens with one attached hydrogen (secondary N) is 2. The second-order valence-electron chi connectivity index (χ2n) is 6.08. The Labute approximate surface area is 151 Å². The van der Waals surface area contributed by atoms with Crippen LogP contribution >= 0.6 is 12.2 Å². The van der Waals surface area contributed by atoms with Crippen LogP contribution in [-0.4, -0.2) is 26.0 Å². The van der Waals surface area contributed by atoms with Gasteiger partial charge in [0.1, 0.15) is 11.0 Å². The molecule has 128 valence electrons. The lowest BCUT2D eigenvalue weighted by Crippen LogP contribution is -2.36. The highest BCUT2D eigenvalue weighted by atomic mass is 32.1. The number of hydrogen-bond donors (Lipinski definition) is 2. The van der Waals surface area contributed by atoms with Crippen molar-refractivity contribution in [2.24, 2.45) is 5.92 Å². The first-order valence-corrected chi connectivity index (χ1v) is 8.40. The third kappa shape index (κ3) is 3.83. The molecule has 25 heavy (non-hydrogen) atoms. The summed E-state index contributed by atoms with van der Waals surface area (Å²) < 4.78 is 0. The maximum atomic E-state index is 11.7. The summed E-state index contributed by atoms with van der Waals surface area (Å²) in [4.78, 5) is 13.3. The molecular weight excluding hydrogens is 334 g/mol. The Hall–Kier alpha value is -2.80. The van der Waals surface area contributed by atoms with Crippen LogP contribution in [0.2, 0.25) is 0 Å². The first kappa shape index (κ1) is 17.0. The van der Waals surface area contributed by atoms with E-state index in [1.165, 1.54) is 0 Å². The first-order chi connectivity index (χ1) is 11.9. The molecule has 1 heterocycles. The number of fused-ring (bicyclic) bond motifs is 1. The van der Waals surface area contributed by atoms with E-state index in [1.807, 2.05) is 63.2 Å². The Morgan fingerprint density at radius 3 is 2.40 bits per heavy atom. The topological polar surface area (TPSA) is 71.8 Å². The molecule has 2 aromatic carbocycles. The smallest absolute Gasteiger partial charge is 0.228 e. The second-order valence-corrected chi connectivity index (χ2v) is 6.49. The summed E-state index contributed by atoms with van der Waals surface area (Å²) in [5, 5.41) is 15.0. The summed E-state index contributed by atoms with van der Waals surface area (Å²) in [5.41, 5.74) is 4.19. The number of amides is 1. The van der Waals surface area contributed by atoms with Crippen molar-refractivity contribution in [2.45, 2.75) is 20.8 Å². The number of thiocarbonyl (C=S) groups is 1. The lowest BCUT2D eigenvalue weighted by atomic mass is 10.2. The van der Waals surface area contributed by atoms with E-state index in [9.17, 15) is 4.79 Å². The van der Waals surface area contributed by atoms with E-state index in [-0.39, 0.29) is 16.9 Å². The van der Waals surface area contributed by atoms with Gasteiger partial charge in [0.05, 0.1) is 5.69 Å². The van der Waals surface area contributed by atoms with Crippen LogP contribution in [0.25, 0.3) is 16.7 Å². The molecule has 0 aliphatic heterocycles. The lowest BCUT2D eigenvalue weighted by molar-refractivity contribution is -0.122. The highest BCUT2D eigenvalue weighted by Gasteiger charge is 2.12. The molecule has 0 aliphatic rings. The zero-order chi connectivity index (χ0) is 18.0. The highest BCUT2D eigenvalue weighted by Crippen LogP contribution is 2.22. The van der Waals surface area contributed by atoms with E-state index in [4.69, 9.17) is 12.2 Å². The molecule has 0 saturated carbocycles. The van der Waals surface area contributed by atoms with Gasteiger partial charge in [-0.3, -0.25) is 4.79 Å². The van der Waals surface area contributed by atoms with Crippen LogP contribution in [0.3, 0.4) is 0 Å². The van der Waals surface area contributed by atoms with Crippen molar-refractivity contribution >= 4 is 40.0 Å². The fourth-order valence-corrected chi connectivity index (χ4v) is 2.50. The van der Waals surface area contributed by atoms with Crippen LogP contribution in [0.15, 0.2) is 42.5 Å². The Bertz CT molecular complexity index is 933. The Kier molecular flexibility index (Phi) is 4.76. The molecule has 0 aliphatic carbocycles. The molecule has 2 N–H and O–H groups in total. The number of carbonyl (C=O) groups excluding carboxylic acids is 1. The summed E-state index contributed by atoms with van der Waals surface area (Å²) in [6.45, 7) is 5.59. The molecule has 0 atom stereocenters. The molecular formula is C18H19N5OS. The first-order valence-electron chi connectivity index (χ1n) is 7.99. The van der Waals surface area contributed by atoms with Crippen molar-refractivity contribution in [1.82, 2.24) is 20.3 Å². The van der Waals surface area contributed by atoms with Gasteiger partial charge in [-0.15, -0.1) is 10.2 Å². The second kappa shape index (κ2) is 6.98. The van der Waals surface area contributed by atoms with E-state index >= 15 is 0 Å². The van der Waals surface area contributed by atoms with Crippen LogP contribution in [0.5, 0.6) is 0 Å². The summed E-state index contributed by atoms with van der Waals surface area (Å²) in [5.74, 6) is -0.250. The third-order valence-electron chi connectivity index (χ3n) is 3.72. The van der Waals surface area contributed by atoms with Gasteiger partial charge in [-0.1, -0.05) is 32.0 Å². The fourth-order valence-electron chi connectivity index (χ4n) is 2.29. The SMILES string of the molecule is Cc1cc2nn(-c3ccccc3)nc2cc1NC(=S)NC(=O)C(C)C. The molecule has 0 spiro atoms. The highest BCUT2D eigenvalue weighted by molar-refractivity contribution is 7.80. The van der Waals surface area contributed by atoms with Gasteiger partial charge in [0.15, 0.2) is 5.11 Å². The fraction of sp³-hybridized carbons (Fsp3) is 0.222. The van der Waals surface area contributed by atoms with E-state index in [2.05, 4.69) is 20.8 Å². The summed E-state index contributed by atoms with van der Waals surface area (Å²) in [7, 11) is 0. The minimum atomic E-state index is -0.130. The number of nitrogens with zero attached hydrogens (tertiary/aromatic N) is 3. The van der Waals surface area contributed by atoms with Crippen LogP contribution in [0.1, 0.15) is 19.4 Å². The number of benzene rings is 2. The van der Waals surface area contributed by atoms with Gasteiger partial charge in [-0.05, 0) is 49.0 Å². The molecule has 3 rings (SSSR count). The lowest BCUT2D eigenvalue weighted by Gasteiger charge is -2.12. The van der Waals surface area contributed by atoms with Crippen LogP contribution in [0.4, 0.5) is 5.69 Å². The summed E-state index contributed by atoms with van der Waals surface area (Å²) >= 11 is 5.21. The number of aromatic nitrogens is 3. The zero-order valence-electron chi connectivity index (χ0n) is 14.3. The zero-order valence-corrected chi connectivity index (χ0v) is 15.1. The van der Waals surface area contributed by atoms with Crippen molar-refractivity contribution < 1.29 is 4.79 Å². The molecule has 0 fully saturated rings. The van der Waals surface area contributed by atoms with Gasteiger partial charge < -0.3 is 10.6 Å². The molecule has 1 amide bonds. The van der Waals surface area contributed by atoms with Gasteiger partial charge >= 0.3 is 0 Å². The molecule has 0 bridgehead atoms. The van der Waals surface area contributed by atoms with Crippen LogP contribution < -0.4 is 10.6 Å². The summed E-state index contributed by atoms with van der Waals surface area (Å²) in [6.07, 6.45) is 0. The van der Waals surface area contributed by atoms with Crippen molar-refractivity contribution in [1.29, 1.82) is 0 Å². The predicted molar refractivity (Wildman–Crippen MR) is 103 cm³/mol. The van der Waals surface area contributed by atoms with Crippen LogP contribution in [0, 0.1) is 12.8 Å². The molecule has 3 aromatic rings. The number of carbonyl (C=O) groups is 1. The minimum Gasteiger partial charge on any atom is -0.332 e. The van der Waals surface area contributed by atoms with E-state index in [0.717, 1.165) is 28.0 Å². The van der Waals surface area contributed by atoms with Gasteiger partial charge in [0.25, 0.3) is 0 Å². The van der Waals surface area contributed by atoms with Gasteiger partial charge in [-0.25, -0.2) is 0 Å². The largest absolute Gasteiger partial charge is 0.332 e. The maximum absolute atomic E-state index is 11.7. The average Bonchev–Trinajstić information content (AvgIpc) is 2.98. The Balaban J connectivity index is 1.86. The molecule has 0 saturated heterocycles. The minimum absolute atomic E-state index is 0.119. The number of anilines is 1. The molecule has 0 radical (unpaired) electrons. The monoisotopic (exact) mass is 353 g/mol. The number of para-hydroxylation sites is 1.